The van der Waals surface area contributed by atoms with Crippen LogP contribution in [0.3, 0.4) is 0 Å². The lowest BCUT2D eigenvalue weighted by Gasteiger charge is -2.19. The molecule has 0 aliphatic rings. The second kappa shape index (κ2) is 4.91. The molecule has 0 spiro atoms. The van der Waals surface area contributed by atoms with Gasteiger partial charge in [-0.25, -0.2) is 4.39 Å². The van der Waals surface area contributed by atoms with E-state index in [0.29, 0.717) is 3.57 Å². The molecule has 0 amide bonds. The molecule has 0 radical (unpaired) electrons. The summed E-state index contributed by atoms with van der Waals surface area (Å²) >= 11 is 1.74. The lowest BCUT2D eigenvalue weighted by molar-refractivity contribution is -0.290. The van der Waals surface area contributed by atoms with Crippen molar-refractivity contribution in [2.24, 2.45) is 0 Å². The average molecular weight is 370 g/mol. The minimum Gasteiger partial charge on any atom is -0.484 e. The predicted molar refractivity (Wildman–Crippen MR) is 55.6 cm³/mol. The van der Waals surface area contributed by atoms with Crippen molar-refractivity contribution < 1.29 is 31.1 Å². The third-order valence-corrected chi connectivity index (χ3v) is 2.39. The maximum atomic E-state index is 13.0. The van der Waals surface area contributed by atoms with Crippen LogP contribution in [0.1, 0.15) is 0 Å². The van der Waals surface area contributed by atoms with Crippen LogP contribution in [0, 0.1) is 9.39 Å². The van der Waals surface area contributed by atoms with Crippen LogP contribution in [0.15, 0.2) is 18.2 Å². The van der Waals surface area contributed by atoms with E-state index >= 15 is 0 Å². The van der Waals surface area contributed by atoms with Gasteiger partial charge >= 0.3 is 12.1 Å². The van der Waals surface area contributed by atoms with Crippen molar-refractivity contribution in [1.29, 1.82) is 0 Å². The Hall–Kier alpha value is -0.670. The van der Waals surface area contributed by atoms with E-state index < -0.39 is 30.3 Å². The Morgan fingerprint density at radius 3 is 2.24 bits per heavy atom. The summed E-state index contributed by atoms with van der Waals surface area (Å²) in [6, 6.07) is 3.27. The highest BCUT2D eigenvalue weighted by atomic mass is 127. The molecular formula is C9H5F6IO. The van der Waals surface area contributed by atoms with Crippen LogP contribution in [0.4, 0.5) is 26.3 Å². The van der Waals surface area contributed by atoms with E-state index in [1.807, 2.05) is 0 Å². The molecule has 0 aromatic heterocycles. The molecular weight excluding hydrogens is 365 g/mol. The normalized spacial score (nSPS) is 12.6. The molecule has 0 fully saturated rings. The minimum absolute atomic E-state index is 0.453. The van der Waals surface area contributed by atoms with Gasteiger partial charge in [0.15, 0.2) is 18.2 Å². The smallest absolute Gasteiger partial charge is 0.456 e. The summed E-state index contributed by atoms with van der Waals surface area (Å²) in [5.74, 6) is -6.65. The second-order valence-electron chi connectivity index (χ2n) is 3.07. The van der Waals surface area contributed by atoms with Crippen LogP contribution < -0.4 is 4.74 Å². The molecule has 17 heavy (non-hydrogen) atoms. The minimum atomic E-state index is -5.72. The van der Waals surface area contributed by atoms with Gasteiger partial charge in [0.25, 0.3) is 0 Å². The Bertz CT molecular complexity index is 403. The van der Waals surface area contributed by atoms with Gasteiger partial charge in [-0.1, -0.05) is 0 Å². The van der Waals surface area contributed by atoms with Gasteiger partial charge in [0.1, 0.15) is 0 Å². The molecule has 0 heterocycles. The molecule has 0 saturated heterocycles. The number of hydrogen-bond donors (Lipinski definition) is 0. The first-order valence-corrected chi connectivity index (χ1v) is 5.24. The van der Waals surface area contributed by atoms with Gasteiger partial charge in [-0.2, -0.15) is 22.0 Å². The van der Waals surface area contributed by atoms with E-state index in [0.717, 1.165) is 12.1 Å². The summed E-state index contributed by atoms with van der Waals surface area (Å²) in [4.78, 5) is 0. The Morgan fingerprint density at radius 1 is 1.12 bits per heavy atom. The fourth-order valence-electron chi connectivity index (χ4n) is 0.838. The van der Waals surface area contributed by atoms with E-state index in [4.69, 9.17) is 0 Å². The van der Waals surface area contributed by atoms with E-state index in [1.54, 1.807) is 22.6 Å². The lowest BCUT2D eigenvalue weighted by Crippen LogP contribution is -2.41. The molecule has 0 unspecified atom stereocenters. The summed E-state index contributed by atoms with van der Waals surface area (Å²) in [7, 11) is 0. The number of hydrogen-bond acceptors (Lipinski definition) is 1. The van der Waals surface area contributed by atoms with Gasteiger partial charge < -0.3 is 4.74 Å². The summed E-state index contributed by atoms with van der Waals surface area (Å²) in [6.07, 6.45) is -5.72. The average Bonchev–Trinajstić information content (AvgIpc) is 2.18. The fraction of sp³-hybridized carbons (Fsp3) is 0.333. The monoisotopic (exact) mass is 370 g/mol. The van der Waals surface area contributed by atoms with Gasteiger partial charge in [-0.3, -0.25) is 0 Å². The van der Waals surface area contributed by atoms with Crippen LogP contribution in [0.2, 0.25) is 0 Å². The second-order valence-corrected chi connectivity index (χ2v) is 4.31. The Kier molecular flexibility index (Phi) is 4.15. The molecule has 0 atom stereocenters. The SMILES string of the molecule is Fc1ccc(I)cc1OCC(F)(F)C(F)(F)F. The fourth-order valence-corrected chi connectivity index (χ4v) is 1.30. The largest absolute Gasteiger partial charge is 0.484 e. The van der Waals surface area contributed by atoms with Gasteiger partial charge in [0.2, 0.25) is 0 Å². The molecule has 8 heteroatoms. The molecule has 1 aromatic rings. The Morgan fingerprint density at radius 2 is 1.71 bits per heavy atom. The van der Waals surface area contributed by atoms with Crippen LogP contribution in [-0.2, 0) is 0 Å². The van der Waals surface area contributed by atoms with E-state index in [2.05, 4.69) is 4.74 Å². The number of benzene rings is 1. The maximum Gasteiger partial charge on any atom is 0.456 e. The van der Waals surface area contributed by atoms with Gasteiger partial charge in [-0.05, 0) is 40.8 Å². The number of rotatable bonds is 3. The molecule has 1 aromatic carbocycles. The van der Waals surface area contributed by atoms with E-state index in [1.165, 1.54) is 6.07 Å². The van der Waals surface area contributed by atoms with Crippen LogP contribution in [0.5, 0.6) is 5.75 Å². The van der Waals surface area contributed by atoms with Crippen molar-refractivity contribution in [2.75, 3.05) is 6.61 Å². The van der Waals surface area contributed by atoms with Crippen molar-refractivity contribution in [3.63, 3.8) is 0 Å². The third-order valence-electron chi connectivity index (χ3n) is 1.72. The third kappa shape index (κ3) is 3.65. The first-order chi connectivity index (χ1) is 7.63. The molecule has 0 aliphatic heterocycles. The summed E-state index contributed by atoms with van der Waals surface area (Å²) in [5.41, 5.74) is 0. The van der Waals surface area contributed by atoms with E-state index in [-0.39, 0.29) is 0 Å². The maximum absolute atomic E-state index is 13.0. The first kappa shape index (κ1) is 14.4. The van der Waals surface area contributed by atoms with E-state index in [9.17, 15) is 26.3 Å². The summed E-state index contributed by atoms with van der Waals surface area (Å²) in [5, 5.41) is 0. The quantitative estimate of drug-likeness (QED) is 0.577. The number of ether oxygens (including phenoxy) is 1. The van der Waals surface area contributed by atoms with Crippen molar-refractivity contribution in [1.82, 2.24) is 0 Å². The van der Waals surface area contributed by atoms with Crippen molar-refractivity contribution in [3.8, 4) is 5.75 Å². The molecule has 1 rings (SSSR count). The molecule has 0 saturated carbocycles. The predicted octanol–water partition coefficient (Wildman–Crippen LogP) is 4.01. The summed E-state index contributed by atoms with van der Waals surface area (Å²) < 4.78 is 77.9. The molecule has 0 N–H and O–H groups in total. The van der Waals surface area contributed by atoms with Crippen molar-refractivity contribution in [2.45, 2.75) is 12.1 Å². The van der Waals surface area contributed by atoms with Crippen molar-refractivity contribution >= 4 is 22.6 Å². The van der Waals surface area contributed by atoms with Gasteiger partial charge in [0, 0.05) is 3.57 Å². The zero-order valence-corrected chi connectivity index (χ0v) is 10.2. The molecule has 0 aliphatic carbocycles. The topological polar surface area (TPSA) is 9.23 Å². The highest BCUT2D eigenvalue weighted by molar-refractivity contribution is 14.1. The molecule has 1 nitrogen and oxygen atoms in total. The van der Waals surface area contributed by atoms with Crippen molar-refractivity contribution in [3.05, 3.63) is 27.6 Å². The summed E-state index contributed by atoms with van der Waals surface area (Å²) in [6.45, 7) is -1.95. The molecule has 0 bridgehead atoms. The number of alkyl halides is 5. The van der Waals surface area contributed by atoms with Crippen LogP contribution in [0.25, 0.3) is 0 Å². The first-order valence-electron chi connectivity index (χ1n) is 4.16. The lowest BCUT2D eigenvalue weighted by atomic mass is 10.3. The standard InChI is InChI=1S/C9H5F6IO/c10-6-2-1-5(16)3-7(6)17-4-8(11,12)9(13,14)15/h1-3H,4H2. The zero-order chi connectivity index (χ0) is 13.3. The Labute approximate surface area is 106 Å². The van der Waals surface area contributed by atoms with Crippen LogP contribution in [-0.4, -0.2) is 18.7 Å². The highest BCUT2D eigenvalue weighted by Crippen LogP contribution is 2.36. The van der Waals surface area contributed by atoms with Gasteiger partial charge in [-0.15, -0.1) is 0 Å². The highest BCUT2D eigenvalue weighted by Gasteiger charge is 2.58. The van der Waals surface area contributed by atoms with Crippen LogP contribution >= 0.6 is 22.6 Å². The zero-order valence-electron chi connectivity index (χ0n) is 7.99. The molecule has 96 valence electrons. The Balaban J connectivity index is 2.77. The number of halogens is 7. The van der Waals surface area contributed by atoms with Gasteiger partial charge in [0.05, 0.1) is 0 Å².